The van der Waals surface area contributed by atoms with Gasteiger partial charge in [-0.25, -0.2) is 0 Å². The first-order valence-corrected chi connectivity index (χ1v) is 12.3. The fourth-order valence-corrected chi connectivity index (χ4v) is 4.99. The van der Waals surface area contributed by atoms with E-state index in [1.807, 2.05) is 80.6 Å². The van der Waals surface area contributed by atoms with Crippen LogP contribution in [0.5, 0.6) is 11.5 Å². The van der Waals surface area contributed by atoms with Crippen LogP contribution in [0.25, 0.3) is 5.76 Å². The summed E-state index contributed by atoms with van der Waals surface area (Å²) < 4.78 is 11.4. The Hall–Kier alpha value is -4.06. The van der Waals surface area contributed by atoms with E-state index < -0.39 is 17.7 Å². The lowest BCUT2D eigenvalue weighted by atomic mass is 9.94. The number of ether oxygens (including phenoxy) is 2. The average molecular weight is 484 g/mol. The molecule has 0 saturated carbocycles. The van der Waals surface area contributed by atoms with Gasteiger partial charge in [0.25, 0.3) is 11.7 Å². The van der Waals surface area contributed by atoms with E-state index in [-0.39, 0.29) is 17.4 Å². The standard InChI is InChI=1S/C30H29NO5/c1-3-35-24-12-9-21(10-13-24)27-26(28(32)22-11-14-25-23(18-22)17-19(2)36-25)29(33)30(34)31(27)16-15-20-7-5-4-6-8-20/h4-14,18-19,27,32H,3,15-17H2,1-2H3/b28-26+. The van der Waals surface area contributed by atoms with Gasteiger partial charge in [-0.15, -0.1) is 0 Å². The summed E-state index contributed by atoms with van der Waals surface area (Å²) >= 11 is 0. The number of amides is 1. The van der Waals surface area contributed by atoms with Crippen LogP contribution in [0.3, 0.4) is 0 Å². The number of nitrogens with zero attached hydrogens (tertiary/aromatic N) is 1. The van der Waals surface area contributed by atoms with Crippen LogP contribution in [-0.4, -0.2) is 41.0 Å². The zero-order chi connectivity index (χ0) is 25.2. The quantitative estimate of drug-likeness (QED) is 0.288. The number of benzene rings is 3. The van der Waals surface area contributed by atoms with Gasteiger partial charge in [0.2, 0.25) is 0 Å². The van der Waals surface area contributed by atoms with Crippen LogP contribution in [0.15, 0.2) is 78.4 Å². The van der Waals surface area contributed by atoms with E-state index in [0.29, 0.717) is 30.9 Å². The first-order chi connectivity index (χ1) is 17.5. The monoisotopic (exact) mass is 483 g/mol. The zero-order valence-corrected chi connectivity index (χ0v) is 20.4. The highest BCUT2D eigenvalue weighted by Gasteiger charge is 2.46. The molecule has 0 bridgehead atoms. The third kappa shape index (κ3) is 4.47. The highest BCUT2D eigenvalue weighted by Crippen LogP contribution is 2.41. The van der Waals surface area contributed by atoms with Gasteiger partial charge >= 0.3 is 0 Å². The summed E-state index contributed by atoms with van der Waals surface area (Å²) in [6.07, 6.45) is 1.38. The molecule has 2 aliphatic heterocycles. The van der Waals surface area contributed by atoms with Crippen molar-refractivity contribution in [2.24, 2.45) is 0 Å². The number of aliphatic hydroxyl groups is 1. The minimum absolute atomic E-state index is 0.0600. The van der Waals surface area contributed by atoms with Crippen molar-refractivity contribution in [3.63, 3.8) is 0 Å². The molecule has 0 aromatic heterocycles. The summed E-state index contributed by atoms with van der Waals surface area (Å²) in [5.74, 6) is 0.0338. The molecule has 3 aromatic carbocycles. The molecule has 1 amide bonds. The van der Waals surface area contributed by atoms with E-state index in [1.54, 1.807) is 11.0 Å². The van der Waals surface area contributed by atoms with Crippen LogP contribution < -0.4 is 9.47 Å². The Morgan fingerprint density at radius 3 is 2.53 bits per heavy atom. The van der Waals surface area contributed by atoms with Crippen molar-refractivity contribution >= 4 is 17.4 Å². The Morgan fingerprint density at radius 1 is 1.06 bits per heavy atom. The van der Waals surface area contributed by atoms with E-state index in [1.165, 1.54) is 0 Å². The van der Waals surface area contributed by atoms with Crippen LogP contribution in [0, 0.1) is 0 Å². The molecule has 36 heavy (non-hydrogen) atoms. The summed E-state index contributed by atoms with van der Waals surface area (Å²) in [5.41, 5.74) is 3.39. The molecule has 2 atom stereocenters. The molecule has 2 aliphatic rings. The fourth-order valence-electron chi connectivity index (χ4n) is 4.99. The molecule has 3 aromatic rings. The normalized spacial score (nSPS) is 20.3. The Kier molecular flexibility index (Phi) is 6.51. The molecule has 1 fully saturated rings. The van der Waals surface area contributed by atoms with Gasteiger partial charge in [0.05, 0.1) is 18.2 Å². The highest BCUT2D eigenvalue weighted by atomic mass is 16.5. The van der Waals surface area contributed by atoms with Gasteiger partial charge in [-0.2, -0.15) is 0 Å². The van der Waals surface area contributed by atoms with E-state index >= 15 is 0 Å². The van der Waals surface area contributed by atoms with Crippen LogP contribution in [0.2, 0.25) is 0 Å². The number of hydrogen-bond acceptors (Lipinski definition) is 5. The minimum Gasteiger partial charge on any atom is -0.507 e. The fraction of sp³-hybridized carbons (Fsp3) is 0.267. The highest BCUT2D eigenvalue weighted by molar-refractivity contribution is 6.46. The van der Waals surface area contributed by atoms with Gasteiger partial charge in [0.15, 0.2) is 0 Å². The number of fused-ring (bicyclic) bond motifs is 1. The number of ketones is 1. The van der Waals surface area contributed by atoms with Crippen LogP contribution in [0.1, 0.15) is 42.1 Å². The number of likely N-dealkylation sites (tertiary alicyclic amines) is 1. The molecule has 2 heterocycles. The maximum absolute atomic E-state index is 13.3. The molecule has 184 valence electrons. The molecule has 2 unspecified atom stereocenters. The summed E-state index contributed by atoms with van der Waals surface area (Å²) in [6, 6.07) is 21.9. The molecule has 1 saturated heterocycles. The van der Waals surface area contributed by atoms with Gasteiger partial charge in [0.1, 0.15) is 23.4 Å². The molecule has 5 rings (SSSR count). The summed E-state index contributed by atoms with van der Waals surface area (Å²) in [5, 5.41) is 11.4. The third-order valence-electron chi connectivity index (χ3n) is 6.70. The number of rotatable bonds is 7. The largest absolute Gasteiger partial charge is 0.507 e. The average Bonchev–Trinajstić information content (AvgIpc) is 3.39. The number of Topliss-reactive ketones (excluding diaryl/α,β-unsaturated/α-hetero) is 1. The van der Waals surface area contributed by atoms with Gasteiger partial charge < -0.3 is 19.5 Å². The van der Waals surface area contributed by atoms with Crippen molar-refractivity contribution < 1.29 is 24.2 Å². The summed E-state index contributed by atoms with van der Waals surface area (Å²) in [7, 11) is 0. The Labute approximate surface area is 210 Å². The second-order valence-corrected chi connectivity index (χ2v) is 9.19. The minimum atomic E-state index is -0.701. The van der Waals surface area contributed by atoms with Gasteiger partial charge in [-0.3, -0.25) is 9.59 Å². The molecule has 0 spiro atoms. The number of carbonyl (C=O) groups excluding carboxylic acids is 2. The molecular weight excluding hydrogens is 454 g/mol. The van der Waals surface area contributed by atoms with E-state index in [4.69, 9.17) is 9.47 Å². The first kappa shape index (κ1) is 23.7. The number of hydrogen-bond donors (Lipinski definition) is 1. The SMILES string of the molecule is CCOc1ccc(C2/C(=C(\O)c3ccc4c(c3)CC(C)O4)C(=O)C(=O)N2CCc2ccccc2)cc1. The predicted octanol–water partition coefficient (Wildman–Crippen LogP) is 5.07. The second-order valence-electron chi connectivity index (χ2n) is 9.19. The lowest BCUT2D eigenvalue weighted by Crippen LogP contribution is -2.31. The number of aliphatic hydroxyl groups excluding tert-OH is 1. The molecule has 6 nitrogen and oxygen atoms in total. The van der Waals surface area contributed by atoms with Crippen molar-refractivity contribution in [2.45, 2.75) is 38.8 Å². The summed E-state index contributed by atoms with van der Waals surface area (Å²) in [6.45, 7) is 4.78. The van der Waals surface area contributed by atoms with Crippen molar-refractivity contribution in [1.29, 1.82) is 0 Å². The smallest absolute Gasteiger partial charge is 0.295 e. The number of carbonyl (C=O) groups is 2. The molecule has 0 radical (unpaired) electrons. The molecule has 1 N–H and O–H groups in total. The Morgan fingerprint density at radius 2 is 1.81 bits per heavy atom. The van der Waals surface area contributed by atoms with E-state index in [9.17, 15) is 14.7 Å². The molecular formula is C30H29NO5. The van der Waals surface area contributed by atoms with E-state index in [0.717, 1.165) is 28.9 Å². The van der Waals surface area contributed by atoms with Crippen molar-refractivity contribution in [3.05, 3.63) is 101 Å². The first-order valence-electron chi connectivity index (χ1n) is 12.3. The van der Waals surface area contributed by atoms with Gasteiger partial charge in [-0.05, 0) is 67.3 Å². The van der Waals surface area contributed by atoms with Crippen LogP contribution >= 0.6 is 0 Å². The predicted molar refractivity (Wildman–Crippen MR) is 137 cm³/mol. The van der Waals surface area contributed by atoms with Crippen LogP contribution in [0.4, 0.5) is 0 Å². The van der Waals surface area contributed by atoms with Crippen molar-refractivity contribution in [3.8, 4) is 11.5 Å². The van der Waals surface area contributed by atoms with Crippen molar-refractivity contribution in [1.82, 2.24) is 4.90 Å². The lowest BCUT2D eigenvalue weighted by molar-refractivity contribution is -0.139. The van der Waals surface area contributed by atoms with Crippen molar-refractivity contribution in [2.75, 3.05) is 13.2 Å². The van der Waals surface area contributed by atoms with Gasteiger partial charge in [0, 0.05) is 18.5 Å². The lowest BCUT2D eigenvalue weighted by Gasteiger charge is -2.25. The topological polar surface area (TPSA) is 76.1 Å². The van der Waals surface area contributed by atoms with Gasteiger partial charge in [-0.1, -0.05) is 42.5 Å². The van der Waals surface area contributed by atoms with Crippen LogP contribution in [-0.2, 0) is 22.4 Å². The Bertz CT molecular complexity index is 1310. The summed E-state index contributed by atoms with van der Waals surface area (Å²) in [4.78, 5) is 28.1. The molecule has 0 aliphatic carbocycles. The second kappa shape index (κ2) is 9.90. The maximum Gasteiger partial charge on any atom is 0.295 e. The van der Waals surface area contributed by atoms with E-state index in [2.05, 4.69) is 0 Å². The maximum atomic E-state index is 13.3. The zero-order valence-electron chi connectivity index (χ0n) is 20.4. The third-order valence-corrected chi connectivity index (χ3v) is 6.70. The molecule has 6 heteroatoms. The Balaban J connectivity index is 1.56.